The summed E-state index contributed by atoms with van der Waals surface area (Å²) in [5.74, 6) is 0.917. The number of nitrogens with zero attached hydrogens (tertiary/aromatic N) is 1. The van der Waals surface area contributed by atoms with Gasteiger partial charge < -0.3 is 4.90 Å². The van der Waals surface area contributed by atoms with Crippen LogP contribution < -0.4 is 0 Å². The van der Waals surface area contributed by atoms with Gasteiger partial charge in [0.2, 0.25) is 0 Å². The van der Waals surface area contributed by atoms with Crippen molar-refractivity contribution in [2.75, 3.05) is 20.6 Å². The molecule has 1 heteroatoms. The lowest BCUT2D eigenvalue weighted by Crippen LogP contribution is -2.20. The smallest absolute Gasteiger partial charge is 0.000345 e. The van der Waals surface area contributed by atoms with E-state index in [0.717, 1.165) is 5.92 Å². The molecule has 10 heavy (non-hydrogen) atoms. The Morgan fingerprint density at radius 2 is 1.80 bits per heavy atom. The maximum atomic E-state index is 2.28. The molecule has 1 atom stereocenters. The Hall–Kier alpha value is -0.0400. The third-order valence-electron chi connectivity index (χ3n) is 1.90. The highest BCUT2D eigenvalue weighted by Gasteiger charge is 2.04. The second-order valence-electron chi connectivity index (χ2n) is 3.33. The Morgan fingerprint density at radius 3 is 2.10 bits per heavy atom. The van der Waals surface area contributed by atoms with Gasteiger partial charge in [-0.05, 0) is 26.4 Å². The molecule has 0 aliphatic rings. The standard InChI is InChI=1S/C9H21N/c1-5-7-9(6-2)8-10(3)4/h9H,5-8H2,1-4H3/t9-/m0/s1. The second kappa shape index (κ2) is 5.72. The van der Waals surface area contributed by atoms with Crippen LogP contribution in [0.4, 0.5) is 0 Å². The third kappa shape index (κ3) is 4.80. The summed E-state index contributed by atoms with van der Waals surface area (Å²) in [6.45, 7) is 5.80. The fourth-order valence-corrected chi connectivity index (χ4v) is 1.35. The molecule has 0 spiro atoms. The van der Waals surface area contributed by atoms with Crippen molar-refractivity contribution in [1.29, 1.82) is 0 Å². The van der Waals surface area contributed by atoms with Crippen LogP contribution in [-0.4, -0.2) is 25.5 Å². The minimum Gasteiger partial charge on any atom is -0.309 e. The summed E-state index contributed by atoms with van der Waals surface area (Å²) in [6, 6.07) is 0. The lowest BCUT2D eigenvalue weighted by atomic mass is 10.0. The first kappa shape index (κ1) is 9.96. The molecule has 0 saturated carbocycles. The zero-order chi connectivity index (χ0) is 7.98. The summed E-state index contributed by atoms with van der Waals surface area (Å²) < 4.78 is 0. The quantitative estimate of drug-likeness (QED) is 0.571. The van der Waals surface area contributed by atoms with Gasteiger partial charge in [-0.3, -0.25) is 0 Å². The van der Waals surface area contributed by atoms with Crippen molar-refractivity contribution in [1.82, 2.24) is 4.90 Å². The number of hydrogen-bond acceptors (Lipinski definition) is 1. The normalized spacial score (nSPS) is 14.1. The van der Waals surface area contributed by atoms with E-state index in [-0.39, 0.29) is 0 Å². The Balaban J connectivity index is 3.39. The van der Waals surface area contributed by atoms with E-state index < -0.39 is 0 Å². The van der Waals surface area contributed by atoms with Crippen LogP contribution in [0.25, 0.3) is 0 Å². The molecule has 0 aliphatic carbocycles. The second-order valence-corrected chi connectivity index (χ2v) is 3.33. The lowest BCUT2D eigenvalue weighted by molar-refractivity contribution is 0.304. The third-order valence-corrected chi connectivity index (χ3v) is 1.90. The fraction of sp³-hybridized carbons (Fsp3) is 1.00. The van der Waals surface area contributed by atoms with Crippen LogP contribution in [0.2, 0.25) is 0 Å². The molecule has 0 radical (unpaired) electrons. The van der Waals surface area contributed by atoms with Crippen LogP contribution in [-0.2, 0) is 0 Å². The highest BCUT2D eigenvalue weighted by atomic mass is 15.1. The maximum Gasteiger partial charge on any atom is 0.000345 e. The van der Waals surface area contributed by atoms with Gasteiger partial charge in [0.15, 0.2) is 0 Å². The van der Waals surface area contributed by atoms with E-state index in [1.165, 1.54) is 25.8 Å². The summed E-state index contributed by atoms with van der Waals surface area (Å²) in [7, 11) is 4.30. The SMILES string of the molecule is CCC[C@H](CC)CN(C)C. The van der Waals surface area contributed by atoms with Crippen molar-refractivity contribution in [3.63, 3.8) is 0 Å². The van der Waals surface area contributed by atoms with Gasteiger partial charge in [-0.2, -0.15) is 0 Å². The van der Waals surface area contributed by atoms with Crippen LogP contribution in [0.15, 0.2) is 0 Å². The van der Waals surface area contributed by atoms with E-state index in [1.807, 2.05) is 0 Å². The summed E-state index contributed by atoms with van der Waals surface area (Å²) in [6.07, 6.45) is 4.03. The Kier molecular flexibility index (Phi) is 5.70. The molecule has 0 heterocycles. The van der Waals surface area contributed by atoms with E-state index in [2.05, 4.69) is 32.8 Å². The molecule has 0 aliphatic heterocycles. The molecule has 0 fully saturated rings. The van der Waals surface area contributed by atoms with Gasteiger partial charge in [-0.1, -0.05) is 26.7 Å². The molecule has 0 saturated heterocycles. The molecule has 62 valence electrons. The van der Waals surface area contributed by atoms with Crippen LogP contribution in [0.1, 0.15) is 33.1 Å². The van der Waals surface area contributed by atoms with Gasteiger partial charge in [0, 0.05) is 6.54 Å². The van der Waals surface area contributed by atoms with Crippen molar-refractivity contribution in [3.05, 3.63) is 0 Å². The number of hydrogen-bond donors (Lipinski definition) is 0. The average Bonchev–Trinajstić information content (AvgIpc) is 1.86. The average molecular weight is 143 g/mol. The van der Waals surface area contributed by atoms with Gasteiger partial charge in [0.1, 0.15) is 0 Å². The molecule has 0 rings (SSSR count). The molecular weight excluding hydrogens is 122 g/mol. The first-order valence-corrected chi connectivity index (χ1v) is 4.35. The molecule has 0 aromatic carbocycles. The Bertz CT molecular complexity index is 69.1. The van der Waals surface area contributed by atoms with E-state index in [9.17, 15) is 0 Å². The van der Waals surface area contributed by atoms with Gasteiger partial charge in [0.25, 0.3) is 0 Å². The molecule has 1 nitrogen and oxygen atoms in total. The Morgan fingerprint density at radius 1 is 1.20 bits per heavy atom. The largest absolute Gasteiger partial charge is 0.309 e. The predicted octanol–water partition coefficient (Wildman–Crippen LogP) is 2.37. The zero-order valence-corrected chi connectivity index (χ0v) is 7.85. The highest BCUT2D eigenvalue weighted by Crippen LogP contribution is 2.10. The molecule has 0 amide bonds. The zero-order valence-electron chi connectivity index (χ0n) is 7.85. The maximum absolute atomic E-state index is 2.28. The summed E-state index contributed by atoms with van der Waals surface area (Å²) in [5, 5.41) is 0. The van der Waals surface area contributed by atoms with E-state index in [4.69, 9.17) is 0 Å². The van der Waals surface area contributed by atoms with E-state index in [0.29, 0.717) is 0 Å². The van der Waals surface area contributed by atoms with Crippen molar-refractivity contribution >= 4 is 0 Å². The minimum absolute atomic E-state index is 0.917. The molecule has 0 aromatic rings. The van der Waals surface area contributed by atoms with Gasteiger partial charge in [-0.25, -0.2) is 0 Å². The van der Waals surface area contributed by atoms with Gasteiger partial charge >= 0.3 is 0 Å². The lowest BCUT2D eigenvalue weighted by Gasteiger charge is -2.18. The number of rotatable bonds is 5. The highest BCUT2D eigenvalue weighted by molar-refractivity contribution is 4.58. The molecule has 0 unspecified atom stereocenters. The topological polar surface area (TPSA) is 3.24 Å². The van der Waals surface area contributed by atoms with E-state index in [1.54, 1.807) is 0 Å². The van der Waals surface area contributed by atoms with Crippen molar-refractivity contribution in [2.24, 2.45) is 5.92 Å². The fourth-order valence-electron chi connectivity index (χ4n) is 1.35. The minimum atomic E-state index is 0.917. The first-order valence-electron chi connectivity index (χ1n) is 4.35. The molecule has 0 N–H and O–H groups in total. The summed E-state index contributed by atoms with van der Waals surface area (Å²) in [4.78, 5) is 2.28. The van der Waals surface area contributed by atoms with Crippen molar-refractivity contribution in [2.45, 2.75) is 33.1 Å². The van der Waals surface area contributed by atoms with Crippen LogP contribution >= 0.6 is 0 Å². The van der Waals surface area contributed by atoms with Crippen LogP contribution in [0.5, 0.6) is 0 Å². The van der Waals surface area contributed by atoms with Gasteiger partial charge in [-0.15, -0.1) is 0 Å². The predicted molar refractivity (Wildman–Crippen MR) is 47.2 cm³/mol. The first-order chi connectivity index (χ1) is 4.70. The molecule has 0 bridgehead atoms. The van der Waals surface area contributed by atoms with Crippen LogP contribution in [0, 0.1) is 5.92 Å². The molecule has 0 aromatic heterocycles. The summed E-state index contributed by atoms with van der Waals surface area (Å²) in [5.41, 5.74) is 0. The monoisotopic (exact) mass is 143 g/mol. The Labute approximate surface area is 65.4 Å². The van der Waals surface area contributed by atoms with E-state index >= 15 is 0 Å². The van der Waals surface area contributed by atoms with Crippen LogP contribution in [0.3, 0.4) is 0 Å². The van der Waals surface area contributed by atoms with Gasteiger partial charge in [0.05, 0.1) is 0 Å². The van der Waals surface area contributed by atoms with Crippen molar-refractivity contribution in [3.8, 4) is 0 Å². The van der Waals surface area contributed by atoms with Crippen molar-refractivity contribution < 1.29 is 0 Å². The summed E-state index contributed by atoms with van der Waals surface area (Å²) >= 11 is 0. The molecular formula is C9H21N.